The van der Waals surface area contributed by atoms with Crippen LogP contribution in [0.25, 0.3) is 10.2 Å². The van der Waals surface area contributed by atoms with Gasteiger partial charge in [-0.25, -0.2) is 4.98 Å². The Bertz CT molecular complexity index is 996. The molecule has 4 rings (SSSR count). The van der Waals surface area contributed by atoms with Crippen molar-refractivity contribution in [3.63, 3.8) is 0 Å². The number of carbonyl (C=O) groups is 1. The fourth-order valence-corrected chi connectivity index (χ4v) is 4.42. The van der Waals surface area contributed by atoms with Gasteiger partial charge in [0.1, 0.15) is 9.71 Å². The van der Waals surface area contributed by atoms with Gasteiger partial charge in [0.2, 0.25) is 0 Å². The van der Waals surface area contributed by atoms with Crippen LogP contribution in [0.2, 0.25) is 5.02 Å². The number of pyridine rings is 1. The molecule has 3 aromatic rings. The lowest BCUT2D eigenvalue weighted by Crippen LogP contribution is -2.12. The zero-order chi connectivity index (χ0) is 17.6. The maximum Gasteiger partial charge on any atom is 0.267 e. The lowest BCUT2D eigenvalue weighted by molar-refractivity contribution is 0.103. The zero-order valence-corrected chi connectivity index (χ0v) is 15.4. The van der Waals surface area contributed by atoms with Gasteiger partial charge in [0.05, 0.1) is 5.69 Å². The number of thiophene rings is 1. The number of halogens is 1. The van der Waals surface area contributed by atoms with Crippen molar-refractivity contribution in [1.29, 1.82) is 0 Å². The van der Waals surface area contributed by atoms with Crippen LogP contribution in [-0.2, 0) is 12.8 Å². The van der Waals surface area contributed by atoms with Gasteiger partial charge >= 0.3 is 0 Å². The predicted molar refractivity (Wildman–Crippen MR) is 105 cm³/mol. The van der Waals surface area contributed by atoms with E-state index >= 15 is 0 Å². The molecular weight excluding hydrogens is 354 g/mol. The van der Waals surface area contributed by atoms with Crippen molar-refractivity contribution >= 4 is 50.4 Å². The smallest absolute Gasteiger partial charge is 0.267 e. The van der Waals surface area contributed by atoms with Crippen LogP contribution in [0.4, 0.5) is 11.4 Å². The van der Waals surface area contributed by atoms with E-state index in [1.807, 2.05) is 19.1 Å². The van der Waals surface area contributed by atoms with Crippen LogP contribution in [0.15, 0.2) is 24.3 Å². The van der Waals surface area contributed by atoms with Gasteiger partial charge in [-0.15, -0.1) is 11.3 Å². The Morgan fingerprint density at radius 1 is 1.32 bits per heavy atom. The lowest BCUT2D eigenvalue weighted by Gasteiger charge is -2.14. The van der Waals surface area contributed by atoms with Crippen LogP contribution in [0.1, 0.15) is 39.3 Å². The van der Waals surface area contributed by atoms with Crippen LogP contribution in [0.5, 0.6) is 0 Å². The summed E-state index contributed by atoms with van der Waals surface area (Å²) in [5.41, 5.74) is 10.7. The maximum atomic E-state index is 12.7. The molecule has 0 atom stereocenters. The second kappa shape index (κ2) is 6.32. The van der Waals surface area contributed by atoms with Crippen LogP contribution >= 0.6 is 22.9 Å². The number of benzene rings is 1. The van der Waals surface area contributed by atoms with Gasteiger partial charge in [0, 0.05) is 21.8 Å². The SMILES string of the molecule is Cc1c(Cl)cccc1NC(=O)c1sc2nc3c(cc2c1N)CCCC3. The highest BCUT2D eigenvalue weighted by Crippen LogP contribution is 2.36. The minimum Gasteiger partial charge on any atom is -0.397 e. The molecule has 0 saturated heterocycles. The second-order valence-corrected chi connectivity index (χ2v) is 7.77. The van der Waals surface area contributed by atoms with Gasteiger partial charge < -0.3 is 11.1 Å². The van der Waals surface area contributed by atoms with E-state index in [0.29, 0.717) is 21.3 Å². The minimum atomic E-state index is -0.219. The lowest BCUT2D eigenvalue weighted by atomic mass is 9.95. The highest BCUT2D eigenvalue weighted by atomic mass is 35.5. The van der Waals surface area contributed by atoms with Crippen molar-refractivity contribution in [2.75, 3.05) is 11.1 Å². The molecule has 1 aromatic carbocycles. The number of nitrogens with two attached hydrogens (primary N) is 1. The molecule has 0 aliphatic heterocycles. The van der Waals surface area contributed by atoms with E-state index in [1.165, 1.54) is 29.7 Å². The van der Waals surface area contributed by atoms with Gasteiger partial charge in [0.15, 0.2) is 0 Å². The van der Waals surface area contributed by atoms with Gasteiger partial charge in [-0.1, -0.05) is 17.7 Å². The van der Waals surface area contributed by atoms with Gasteiger partial charge in [-0.2, -0.15) is 0 Å². The predicted octanol–water partition coefficient (Wildman–Crippen LogP) is 4.97. The third-order valence-corrected chi connectivity index (χ3v) is 6.24. The molecule has 1 aliphatic rings. The fraction of sp³-hybridized carbons (Fsp3) is 0.263. The number of amides is 1. The number of nitrogens with zero attached hydrogens (tertiary/aromatic N) is 1. The molecule has 0 bridgehead atoms. The molecule has 1 amide bonds. The van der Waals surface area contributed by atoms with E-state index in [0.717, 1.165) is 34.3 Å². The molecule has 2 aromatic heterocycles. The molecule has 0 unspecified atom stereocenters. The number of rotatable bonds is 2. The summed E-state index contributed by atoms with van der Waals surface area (Å²) in [7, 11) is 0. The highest BCUT2D eigenvalue weighted by molar-refractivity contribution is 7.21. The number of aryl methyl sites for hydroxylation is 2. The Balaban J connectivity index is 1.72. The van der Waals surface area contributed by atoms with Crippen LogP contribution in [0, 0.1) is 6.92 Å². The van der Waals surface area contributed by atoms with E-state index in [1.54, 1.807) is 6.07 Å². The number of hydrogen-bond acceptors (Lipinski definition) is 4. The molecule has 2 heterocycles. The molecular formula is C19H18ClN3OS. The Morgan fingerprint density at radius 3 is 2.96 bits per heavy atom. The quantitative estimate of drug-likeness (QED) is 0.668. The normalized spacial score (nSPS) is 13.7. The number of hydrogen-bond donors (Lipinski definition) is 2. The molecule has 128 valence electrons. The first-order chi connectivity index (χ1) is 12.0. The van der Waals surface area contributed by atoms with E-state index in [9.17, 15) is 4.79 Å². The number of carbonyl (C=O) groups excluding carboxylic acids is 1. The van der Waals surface area contributed by atoms with Crippen molar-refractivity contribution < 1.29 is 4.79 Å². The largest absolute Gasteiger partial charge is 0.397 e. The number of fused-ring (bicyclic) bond motifs is 2. The summed E-state index contributed by atoms with van der Waals surface area (Å²) >= 11 is 7.48. The first-order valence-electron chi connectivity index (χ1n) is 8.32. The fourth-order valence-electron chi connectivity index (χ4n) is 3.25. The van der Waals surface area contributed by atoms with E-state index in [-0.39, 0.29) is 5.91 Å². The average Bonchev–Trinajstić information content (AvgIpc) is 2.93. The van der Waals surface area contributed by atoms with E-state index < -0.39 is 0 Å². The summed E-state index contributed by atoms with van der Waals surface area (Å²) in [5, 5.41) is 4.43. The third kappa shape index (κ3) is 2.87. The number of nitrogen functional groups attached to an aromatic ring is 1. The Labute approximate surface area is 155 Å². The zero-order valence-electron chi connectivity index (χ0n) is 13.9. The summed E-state index contributed by atoms with van der Waals surface area (Å²) < 4.78 is 0. The van der Waals surface area contributed by atoms with Gasteiger partial charge in [-0.3, -0.25) is 4.79 Å². The molecule has 0 spiro atoms. The number of aromatic nitrogens is 1. The van der Waals surface area contributed by atoms with E-state index in [4.69, 9.17) is 22.3 Å². The van der Waals surface area contributed by atoms with Crippen molar-refractivity contribution in [2.45, 2.75) is 32.6 Å². The third-order valence-electron chi connectivity index (χ3n) is 4.72. The monoisotopic (exact) mass is 371 g/mol. The van der Waals surface area contributed by atoms with Crippen molar-refractivity contribution in [1.82, 2.24) is 4.98 Å². The first kappa shape index (κ1) is 16.4. The molecule has 0 fully saturated rings. The molecule has 3 N–H and O–H groups in total. The first-order valence-corrected chi connectivity index (χ1v) is 9.51. The van der Waals surface area contributed by atoms with Crippen LogP contribution in [-0.4, -0.2) is 10.9 Å². The molecule has 0 radical (unpaired) electrons. The highest BCUT2D eigenvalue weighted by Gasteiger charge is 2.21. The number of anilines is 2. The van der Waals surface area contributed by atoms with Crippen LogP contribution < -0.4 is 11.1 Å². The van der Waals surface area contributed by atoms with Gasteiger partial charge in [0.25, 0.3) is 5.91 Å². The summed E-state index contributed by atoms with van der Waals surface area (Å²) in [6, 6.07) is 7.56. The Kier molecular flexibility index (Phi) is 4.13. The topological polar surface area (TPSA) is 68.0 Å². The molecule has 6 heteroatoms. The second-order valence-electron chi connectivity index (χ2n) is 6.37. The van der Waals surface area contributed by atoms with E-state index in [2.05, 4.69) is 11.4 Å². The van der Waals surface area contributed by atoms with Crippen molar-refractivity contribution in [3.05, 3.63) is 51.0 Å². The summed E-state index contributed by atoms with van der Waals surface area (Å²) in [5.74, 6) is -0.219. The molecule has 25 heavy (non-hydrogen) atoms. The molecule has 1 aliphatic carbocycles. The molecule has 0 saturated carbocycles. The Hall–Kier alpha value is -2.11. The number of nitrogens with one attached hydrogen (secondary N) is 1. The summed E-state index contributed by atoms with van der Waals surface area (Å²) in [4.78, 5) is 18.8. The summed E-state index contributed by atoms with van der Waals surface area (Å²) in [6.07, 6.45) is 4.41. The minimum absolute atomic E-state index is 0.219. The van der Waals surface area contributed by atoms with Crippen molar-refractivity contribution in [3.8, 4) is 0 Å². The van der Waals surface area contributed by atoms with Crippen LogP contribution in [0.3, 0.4) is 0 Å². The Morgan fingerprint density at radius 2 is 2.12 bits per heavy atom. The molecule has 4 nitrogen and oxygen atoms in total. The van der Waals surface area contributed by atoms with Gasteiger partial charge in [-0.05, 0) is 61.9 Å². The summed E-state index contributed by atoms with van der Waals surface area (Å²) in [6.45, 7) is 1.88. The average molecular weight is 372 g/mol. The van der Waals surface area contributed by atoms with Crippen molar-refractivity contribution in [2.24, 2.45) is 0 Å². The maximum absolute atomic E-state index is 12.7. The standard InChI is InChI=1S/C19H18ClN3OS/c1-10-13(20)6-4-8-14(10)22-18(24)17-16(21)12-9-11-5-2-3-7-15(11)23-19(12)25-17/h4,6,8-9H,2-3,5,7,21H2,1H3,(H,22,24).